The maximum atomic E-state index is 12.9. The molecular weight excluding hydrogens is 358 g/mol. The van der Waals surface area contributed by atoms with Crippen LogP contribution in [0.3, 0.4) is 0 Å². The van der Waals surface area contributed by atoms with E-state index in [-0.39, 0.29) is 12.5 Å². The number of benzene rings is 2. The first-order chi connectivity index (χ1) is 13.6. The van der Waals surface area contributed by atoms with E-state index in [0.29, 0.717) is 41.7 Å². The summed E-state index contributed by atoms with van der Waals surface area (Å²) >= 11 is 0. The Balaban J connectivity index is 1.78. The largest absolute Gasteiger partial charge is 0.497 e. The van der Waals surface area contributed by atoms with Crippen LogP contribution in [0.25, 0.3) is 6.08 Å². The van der Waals surface area contributed by atoms with Crippen LogP contribution < -0.4 is 18.9 Å². The van der Waals surface area contributed by atoms with Crippen LogP contribution in [0.2, 0.25) is 0 Å². The lowest BCUT2D eigenvalue weighted by Crippen LogP contribution is -2.30. The maximum Gasteiger partial charge on any atom is 0.253 e. The highest BCUT2D eigenvalue weighted by Gasteiger charge is 2.23. The third-order valence-corrected chi connectivity index (χ3v) is 4.53. The minimum Gasteiger partial charge on any atom is -0.497 e. The molecule has 0 aromatic heterocycles. The molecule has 0 N–H and O–H groups in total. The second kappa shape index (κ2) is 8.69. The first-order valence-corrected chi connectivity index (χ1v) is 9.13. The minimum atomic E-state index is -0.0923. The van der Waals surface area contributed by atoms with Gasteiger partial charge in [0.05, 0.1) is 26.4 Å². The number of ether oxygens (including phenoxy) is 4. The molecular formula is C22H25NO5. The first-order valence-electron chi connectivity index (χ1n) is 9.13. The summed E-state index contributed by atoms with van der Waals surface area (Å²) in [7, 11) is 4.97. The van der Waals surface area contributed by atoms with Crippen molar-refractivity contribution >= 4 is 12.0 Å². The second-order valence-electron chi connectivity index (χ2n) is 6.40. The molecule has 3 rings (SSSR count). The van der Waals surface area contributed by atoms with Gasteiger partial charge in [-0.2, -0.15) is 0 Å². The molecule has 0 radical (unpaired) electrons. The number of hydrogen-bond donors (Lipinski definition) is 0. The van der Waals surface area contributed by atoms with Gasteiger partial charge in [-0.1, -0.05) is 12.1 Å². The lowest BCUT2D eigenvalue weighted by atomic mass is 10.1. The lowest BCUT2D eigenvalue weighted by Gasteiger charge is -2.24. The molecule has 6 heteroatoms. The van der Waals surface area contributed by atoms with Crippen LogP contribution in [0, 0.1) is 0 Å². The summed E-state index contributed by atoms with van der Waals surface area (Å²) in [5.41, 5.74) is 2.34. The van der Waals surface area contributed by atoms with E-state index in [9.17, 15) is 4.79 Å². The Labute approximate surface area is 165 Å². The number of para-hydroxylation sites is 1. The van der Waals surface area contributed by atoms with Gasteiger partial charge in [0.15, 0.2) is 11.5 Å². The van der Waals surface area contributed by atoms with Crippen LogP contribution in [0.1, 0.15) is 18.1 Å². The fourth-order valence-electron chi connectivity index (χ4n) is 3.13. The van der Waals surface area contributed by atoms with Crippen LogP contribution in [-0.2, 0) is 11.3 Å². The van der Waals surface area contributed by atoms with Crippen LogP contribution in [0.4, 0.5) is 0 Å². The van der Waals surface area contributed by atoms with Crippen molar-refractivity contribution in [1.29, 1.82) is 0 Å². The lowest BCUT2D eigenvalue weighted by molar-refractivity contribution is -0.126. The zero-order valence-corrected chi connectivity index (χ0v) is 16.7. The average Bonchev–Trinajstić information content (AvgIpc) is 2.73. The second-order valence-corrected chi connectivity index (χ2v) is 6.40. The molecule has 0 spiro atoms. The highest BCUT2D eigenvalue weighted by Crippen LogP contribution is 2.36. The Morgan fingerprint density at radius 1 is 1.14 bits per heavy atom. The standard InChI is InChI=1S/C22H25NO5/c1-5-27-19-8-6-7-15-11-17(14-28-21(15)19)22(24)23(2)13-16-9-10-18(25-3)12-20(16)26-4/h6-12H,5,13-14H2,1-4H3. The van der Waals surface area contributed by atoms with Gasteiger partial charge in [0.25, 0.3) is 5.91 Å². The van der Waals surface area contributed by atoms with Gasteiger partial charge < -0.3 is 23.8 Å². The molecule has 1 aliphatic rings. The maximum absolute atomic E-state index is 12.9. The van der Waals surface area contributed by atoms with Gasteiger partial charge >= 0.3 is 0 Å². The molecule has 148 valence electrons. The summed E-state index contributed by atoms with van der Waals surface area (Å²) in [6.07, 6.45) is 1.87. The van der Waals surface area contributed by atoms with Crippen molar-refractivity contribution in [3.05, 3.63) is 53.1 Å². The van der Waals surface area contributed by atoms with Crippen molar-refractivity contribution in [2.75, 3.05) is 34.5 Å². The van der Waals surface area contributed by atoms with Crippen molar-refractivity contribution in [2.24, 2.45) is 0 Å². The molecule has 2 aromatic carbocycles. The third kappa shape index (κ3) is 4.06. The highest BCUT2D eigenvalue weighted by molar-refractivity contribution is 5.99. The van der Waals surface area contributed by atoms with E-state index in [4.69, 9.17) is 18.9 Å². The molecule has 1 amide bonds. The molecule has 0 unspecified atom stereocenters. The zero-order chi connectivity index (χ0) is 20.1. The number of nitrogens with zero attached hydrogens (tertiary/aromatic N) is 1. The van der Waals surface area contributed by atoms with Gasteiger partial charge in [-0.15, -0.1) is 0 Å². The van der Waals surface area contributed by atoms with Gasteiger partial charge in [0, 0.05) is 30.8 Å². The third-order valence-electron chi connectivity index (χ3n) is 4.53. The zero-order valence-electron chi connectivity index (χ0n) is 16.7. The van der Waals surface area contributed by atoms with Crippen LogP contribution in [-0.4, -0.2) is 45.3 Å². The molecule has 0 saturated heterocycles. The SMILES string of the molecule is CCOc1cccc2c1OCC(C(=O)N(C)Cc1ccc(OC)cc1OC)=C2. The monoisotopic (exact) mass is 383 g/mol. The molecule has 1 aliphatic heterocycles. The van der Waals surface area contributed by atoms with Crippen LogP contribution in [0.15, 0.2) is 42.0 Å². The number of hydrogen-bond acceptors (Lipinski definition) is 5. The summed E-state index contributed by atoms with van der Waals surface area (Å²) in [6.45, 7) is 3.10. The van der Waals surface area contributed by atoms with Crippen molar-refractivity contribution in [1.82, 2.24) is 4.90 Å². The van der Waals surface area contributed by atoms with E-state index >= 15 is 0 Å². The normalized spacial score (nSPS) is 12.4. The summed E-state index contributed by atoms with van der Waals surface area (Å²) in [5.74, 6) is 2.67. The van der Waals surface area contributed by atoms with Gasteiger partial charge in [-0.3, -0.25) is 4.79 Å². The molecule has 28 heavy (non-hydrogen) atoms. The van der Waals surface area contributed by atoms with E-state index in [2.05, 4.69) is 0 Å². The van der Waals surface area contributed by atoms with Crippen LogP contribution in [0.5, 0.6) is 23.0 Å². The Bertz CT molecular complexity index is 890. The van der Waals surface area contributed by atoms with Gasteiger partial charge in [-0.25, -0.2) is 0 Å². The molecule has 0 fully saturated rings. The molecule has 0 aliphatic carbocycles. The number of fused-ring (bicyclic) bond motifs is 1. The van der Waals surface area contributed by atoms with Crippen molar-refractivity contribution < 1.29 is 23.7 Å². The van der Waals surface area contributed by atoms with Gasteiger partial charge in [-0.05, 0) is 31.2 Å². The predicted octanol–water partition coefficient (Wildman–Crippen LogP) is 3.54. The fraction of sp³-hybridized carbons (Fsp3) is 0.318. The quantitative estimate of drug-likeness (QED) is 0.732. The van der Waals surface area contributed by atoms with Crippen molar-refractivity contribution in [3.63, 3.8) is 0 Å². The smallest absolute Gasteiger partial charge is 0.253 e. The number of rotatable bonds is 7. The Hall–Kier alpha value is -3.15. The highest BCUT2D eigenvalue weighted by atomic mass is 16.5. The summed E-state index contributed by atoms with van der Waals surface area (Å²) in [5, 5.41) is 0. The summed E-state index contributed by atoms with van der Waals surface area (Å²) in [6, 6.07) is 11.2. The number of carbonyl (C=O) groups excluding carboxylic acids is 1. The predicted molar refractivity (Wildman–Crippen MR) is 107 cm³/mol. The fourth-order valence-corrected chi connectivity index (χ4v) is 3.13. The number of methoxy groups -OCH3 is 2. The van der Waals surface area contributed by atoms with Gasteiger partial charge in [0.2, 0.25) is 0 Å². The molecule has 6 nitrogen and oxygen atoms in total. The van der Waals surface area contributed by atoms with E-state index in [0.717, 1.165) is 11.1 Å². The Morgan fingerprint density at radius 3 is 2.68 bits per heavy atom. The number of carbonyl (C=O) groups is 1. The molecule has 0 saturated carbocycles. The molecule has 1 heterocycles. The average molecular weight is 383 g/mol. The Kier molecular flexibility index (Phi) is 6.09. The topological polar surface area (TPSA) is 57.2 Å². The molecule has 0 bridgehead atoms. The summed E-state index contributed by atoms with van der Waals surface area (Å²) in [4.78, 5) is 14.6. The van der Waals surface area contributed by atoms with Crippen LogP contribution >= 0.6 is 0 Å². The number of amides is 1. The molecule has 2 aromatic rings. The van der Waals surface area contributed by atoms with Crippen molar-refractivity contribution in [2.45, 2.75) is 13.5 Å². The first kappa shape index (κ1) is 19.6. The van der Waals surface area contributed by atoms with Crippen molar-refractivity contribution in [3.8, 4) is 23.0 Å². The molecule has 0 atom stereocenters. The van der Waals surface area contributed by atoms with E-state index in [1.165, 1.54) is 0 Å². The van der Waals surface area contributed by atoms with Gasteiger partial charge in [0.1, 0.15) is 18.1 Å². The van der Waals surface area contributed by atoms with E-state index in [1.807, 2.05) is 49.4 Å². The van der Waals surface area contributed by atoms with E-state index < -0.39 is 0 Å². The summed E-state index contributed by atoms with van der Waals surface area (Å²) < 4.78 is 22.1. The number of likely N-dealkylation sites (N-methyl/N-ethyl adjacent to an activating group) is 1. The Morgan fingerprint density at radius 2 is 1.96 bits per heavy atom. The van der Waals surface area contributed by atoms with E-state index in [1.54, 1.807) is 26.2 Å². The minimum absolute atomic E-state index is 0.0923.